The molecule has 0 heterocycles. The first-order chi connectivity index (χ1) is 7.90. The number of nitrogens with two attached hydrogens (primary N) is 1. The Hall–Kier alpha value is -1.71. The van der Waals surface area contributed by atoms with Crippen LogP contribution in [0.2, 0.25) is 0 Å². The summed E-state index contributed by atoms with van der Waals surface area (Å²) in [6.07, 6.45) is 0.990. The second kappa shape index (κ2) is 5.57. The van der Waals surface area contributed by atoms with E-state index in [-0.39, 0.29) is 11.6 Å². The SMILES string of the molecule is CC(C)CC(C)Nc1ccc(N)cc1C(=O)O. The molecule has 0 amide bonds. The first kappa shape index (κ1) is 13.4. The average molecular weight is 236 g/mol. The van der Waals surface area contributed by atoms with Crippen LogP contribution in [-0.2, 0) is 0 Å². The molecule has 1 atom stereocenters. The van der Waals surface area contributed by atoms with Crippen molar-refractivity contribution >= 4 is 17.3 Å². The quantitative estimate of drug-likeness (QED) is 0.687. The van der Waals surface area contributed by atoms with Crippen LogP contribution in [0.25, 0.3) is 0 Å². The number of hydrogen-bond acceptors (Lipinski definition) is 3. The molecule has 0 saturated heterocycles. The van der Waals surface area contributed by atoms with Gasteiger partial charge in [0.15, 0.2) is 0 Å². The molecule has 94 valence electrons. The summed E-state index contributed by atoms with van der Waals surface area (Å²) in [5, 5.41) is 12.3. The van der Waals surface area contributed by atoms with Gasteiger partial charge >= 0.3 is 5.97 Å². The van der Waals surface area contributed by atoms with Gasteiger partial charge in [0.2, 0.25) is 0 Å². The van der Waals surface area contributed by atoms with Crippen molar-refractivity contribution in [2.75, 3.05) is 11.1 Å². The number of benzene rings is 1. The van der Waals surface area contributed by atoms with Crippen molar-refractivity contribution in [2.24, 2.45) is 5.92 Å². The van der Waals surface area contributed by atoms with E-state index in [4.69, 9.17) is 10.8 Å². The predicted octanol–water partition coefficient (Wildman–Crippen LogP) is 2.81. The van der Waals surface area contributed by atoms with Gasteiger partial charge in [-0.15, -0.1) is 0 Å². The van der Waals surface area contributed by atoms with Gasteiger partial charge in [-0.3, -0.25) is 0 Å². The Balaban J connectivity index is 2.86. The molecule has 4 N–H and O–H groups in total. The number of anilines is 2. The fourth-order valence-corrected chi connectivity index (χ4v) is 1.90. The molecule has 1 aromatic rings. The lowest BCUT2D eigenvalue weighted by molar-refractivity contribution is 0.0698. The van der Waals surface area contributed by atoms with Crippen molar-refractivity contribution in [2.45, 2.75) is 33.2 Å². The van der Waals surface area contributed by atoms with Crippen LogP contribution in [-0.4, -0.2) is 17.1 Å². The van der Waals surface area contributed by atoms with E-state index in [1.165, 1.54) is 6.07 Å². The monoisotopic (exact) mass is 236 g/mol. The van der Waals surface area contributed by atoms with E-state index < -0.39 is 5.97 Å². The molecule has 1 aromatic carbocycles. The highest BCUT2D eigenvalue weighted by atomic mass is 16.4. The Bertz CT molecular complexity index is 402. The van der Waals surface area contributed by atoms with Crippen LogP contribution in [0.3, 0.4) is 0 Å². The molecule has 1 unspecified atom stereocenters. The average Bonchev–Trinajstić information content (AvgIpc) is 2.19. The summed E-state index contributed by atoms with van der Waals surface area (Å²) in [5.41, 5.74) is 6.90. The first-order valence-corrected chi connectivity index (χ1v) is 5.79. The molecule has 0 bridgehead atoms. The molecule has 4 heteroatoms. The van der Waals surface area contributed by atoms with Gasteiger partial charge in [-0.25, -0.2) is 4.79 Å². The molecular formula is C13H20N2O2. The maximum absolute atomic E-state index is 11.1. The minimum absolute atomic E-state index is 0.223. The standard InChI is InChI=1S/C13H20N2O2/c1-8(2)6-9(3)15-12-5-4-10(14)7-11(12)13(16)17/h4-5,7-9,15H,6,14H2,1-3H3,(H,16,17). The van der Waals surface area contributed by atoms with Crippen LogP contribution < -0.4 is 11.1 Å². The number of rotatable bonds is 5. The molecule has 4 nitrogen and oxygen atoms in total. The number of nitrogen functional groups attached to an aromatic ring is 1. The van der Waals surface area contributed by atoms with E-state index in [1.807, 2.05) is 6.92 Å². The highest BCUT2D eigenvalue weighted by molar-refractivity contribution is 5.95. The van der Waals surface area contributed by atoms with Crippen molar-refractivity contribution in [3.63, 3.8) is 0 Å². The van der Waals surface area contributed by atoms with Gasteiger partial charge in [-0.2, -0.15) is 0 Å². The largest absolute Gasteiger partial charge is 0.478 e. The topological polar surface area (TPSA) is 75.3 Å². The number of carboxylic acids is 1. The zero-order valence-corrected chi connectivity index (χ0v) is 10.5. The maximum atomic E-state index is 11.1. The van der Waals surface area contributed by atoms with E-state index in [2.05, 4.69) is 19.2 Å². The molecule has 0 spiro atoms. The van der Waals surface area contributed by atoms with Crippen LogP contribution >= 0.6 is 0 Å². The van der Waals surface area contributed by atoms with Gasteiger partial charge in [0.25, 0.3) is 0 Å². The third kappa shape index (κ3) is 3.98. The molecule has 0 saturated carbocycles. The first-order valence-electron chi connectivity index (χ1n) is 5.79. The zero-order chi connectivity index (χ0) is 13.0. The highest BCUT2D eigenvalue weighted by Crippen LogP contribution is 2.21. The van der Waals surface area contributed by atoms with E-state index in [0.29, 0.717) is 17.3 Å². The Labute approximate surface area is 102 Å². The summed E-state index contributed by atoms with van der Waals surface area (Å²) in [6.45, 7) is 6.32. The minimum atomic E-state index is -0.962. The second-order valence-corrected chi connectivity index (χ2v) is 4.79. The third-order valence-electron chi connectivity index (χ3n) is 2.50. The zero-order valence-electron chi connectivity index (χ0n) is 10.5. The Morgan fingerprint density at radius 3 is 2.59 bits per heavy atom. The van der Waals surface area contributed by atoms with Gasteiger partial charge in [-0.05, 0) is 37.5 Å². The molecule has 0 aliphatic carbocycles. The Morgan fingerprint density at radius 1 is 1.41 bits per heavy atom. The summed E-state index contributed by atoms with van der Waals surface area (Å²) in [4.78, 5) is 11.1. The van der Waals surface area contributed by atoms with E-state index in [1.54, 1.807) is 12.1 Å². The molecule has 0 aromatic heterocycles. The minimum Gasteiger partial charge on any atom is -0.478 e. The van der Waals surface area contributed by atoms with Crippen LogP contribution in [0.15, 0.2) is 18.2 Å². The van der Waals surface area contributed by atoms with Crippen LogP contribution in [0.4, 0.5) is 11.4 Å². The van der Waals surface area contributed by atoms with E-state index >= 15 is 0 Å². The number of carbonyl (C=O) groups is 1. The van der Waals surface area contributed by atoms with E-state index in [9.17, 15) is 4.79 Å². The summed E-state index contributed by atoms with van der Waals surface area (Å²) >= 11 is 0. The van der Waals surface area contributed by atoms with Crippen LogP contribution in [0.1, 0.15) is 37.6 Å². The summed E-state index contributed by atoms with van der Waals surface area (Å²) in [5.74, 6) is -0.392. The number of nitrogens with one attached hydrogen (secondary N) is 1. The number of hydrogen-bond donors (Lipinski definition) is 3. The van der Waals surface area contributed by atoms with E-state index in [0.717, 1.165) is 6.42 Å². The third-order valence-corrected chi connectivity index (χ3v) is 2.50. The van der Waals surface area contributed by atoms with Crippen molar-refractivity contribution in [3.8, 4) is 0 Å². The van der Waals surface area contributed by atoms with Gasteiger partial charge < -0.3 is 16.2 Å². The molecule has 1 rings (SSSR count). The summed E-state index contributed by atoms with van der Waals surface area (Å²) < 4.78 is 0. The summed E-state index contributed by atoms with van der Waals surface area (Å²) in [6, 6.07) is 5.14. The van der Waals surface area contributed by atoms with Gasteiger partial charge in [-0.1, -0.05) is 13.8 Å². The van der Waals surface area contributed by atoms with Crippen LogP contribution in [0, 0.1) is 5.92 Å². The lowest BCUT2D eigenvalue weighted by atomic mass is 10.0. The molecule has 0 aliphatic heterocycles. The number of carboxylic acid groups (broad SMARTS) is 1. The van der Waals surface area contributed by atoms with Gasteiger partial charge in [0, 0.05) is 17.4 Å². The van der Waals surface area contributed by atoms with Crippen molar-refractivity contribution in [1.29, 1.82) is 0 Å². The molecule has 0 aliphatic rings. The smallest absolute Gasteiger partial charge is 0.337 e. The van der Waals surface area contributed by atoms with Crippen molar-refractivity contribution in [1.82, 2.24) is 0 Å². The maximum Gasteiger partial charge on any atom is 0.337 e. The number of aromatic carboxylic acids is 1. The van der Waals surface area contributed by atoms with Crippen molar-refractivity contribution in [3.05, 3.63) is 23.8 Å². The Kier molecular flexibility index (Phi) is 4.37. The fraction of sp³-hybridized carbons (Fsp3) is 0.462. The van der Waals surface area contributed by atoms with Gasteiger partial charge in [0.1, 0.15) is 0 Å². The van der Waals surface area contributed by atoms with Crippen molar-refractivity contribution < 1.29 is 9.90 Å². The summed E-state index contributed by atoms with van der Waals surface area (Å²) in [7, 11) is 0. The van der Waals surface area contributed by atoms with Gasteiger partial charge in [0.05, 0.1) is 5.56 Å². The normalized spacial score (nSPS) is 12.5. The second-order valence-electron chi connectivity index (χ2n) is 4.79. The fourth-order valence-electron chi connectivity index (χ4n) is 1.90. The Morgan fingerprint density at radius 2 is 2.06 bits per heavy atom. The lowest BCUT2D eigenvalue weighted by Crippen LogP contribution is -2.19. The van der Waals surface area contributed by atoms with Crippen LogP contribution in [0.5, 0.6) is 0 Å². The molecule has 0 radical (unpaired) electrons. The predicted molar refractivity (Wildman–Crippen MR) is 70.4 cm³/mol. The molecular weight excluding hydrogens is 216 g/mol. The molecule has 17 heavy (non-hydrogen) atoms. The lowest BCUT2D eigenvalue weighted by Gasteiger charge is -2.18. The highest BCUT2D eigenvalue weighted by Gasteiger charge is 2.13. The molecule has 0 fully saturated rings.